The molecule has 1 aliphatic heterocycles. The smallest absolute Gasteiger partial charge is 0.319 e. The molecule has 0 aliphatic carbocycles. The Morgan fingerprint density at radius 2 is 1.68 bits per heavy atom. The molecule has 0 bridgehead atoms. The second kappa shape index (κ2) is 9.57. The average Bonchev–Trinajstić information content (AvgIpc) is 2.65. The van der Waals surface area contributed by atoms with Gasteiger partial charge in [0.1, 0.15) is 0 Å². The van der Waals surface area contributed by atoms with Gasteiger partial charge >= 0.3 is 6.03 Å². The summed E-state index contributed by atoms with van der Waals surface area (Å²) in [5.74, 6) is -0.146. The zero-order chi connectivity index (χ0) is 19.9. The first-order valence-electron chi connectivity index (χ1n) is 9.40. The van der Waals surface area contributed by atoms with Gasteiger partial charge in [-0.25, -0.2) is 4.79 Å². The van der Waals surface area contributed by atoms with Crippen molar-refractivity contribution in [3.8, 4) is 0 Å². The van der Waals surface area contributed by atoms with Gasteiger partial charge in [-0.15, -0.1) is 0 Å². The molecule has 3 amide bonds. The van der Waals surface area contributed by atoms with Gasteiger partial charge in [-0.05, 0) is 48.7 Å². The minimum Gasteiger partial charge on any atom is -0.335 e. The highest BCUT2D eigenvalue weighted by molar-refractivity contribution is 6.30. The molecule has 3 N–H and O–H groups in total. The van der Waals surface area contributed by atoms with Crippen LogP contribution in [0.3, 0.4) is 0 Å². The minimum atomic E-state index is -0.226. The van der Waals surface area contributed by atoms with Gasteiger partial charge in [0.25, 0.3) is 0 Å². The van der Waals surface area contributed by atoms with Crippen LogP contribution in [0.1, 0.15) is 25.3 Å². The summed E-state index contributed by atoms with van der Waals surface area (Å²) < 4.78 is 0. The number of urea groups is 1. The predicted octanol–water partition coefficient (Wildman–Crippen LogP) is 4.08. The molecule has 148 valence electrons. The Morgan fingerprint density at radius 3 is 2.32 bits per heavy atom. The molecule has 28 heavy (non-hydrogen) atoms. The Bertz CT molecular complexity index is 817. The van der Waals surface area contributed by atoms with E-state index in [2.05, 4.69) is 33.0 Å². The highest BCUT2D eigenvalue weighted by Crippen LogP contribution is 2.17. The van der Waals surface area contributed by atoms with Gasteiger partial charge in [-0.3, -0.25) is 9.69 Å². The van der Waals surface area contributed by atoms with E-state index in [4.69, 9.17) is 11.6 Å². The minimum absolute atomic E-state index is 0.146. The van der Waals surface area contributed by atoms with Crippen LogP contribution in [0.4, 0.5) is 16.2 Å². The van der Waals surface area contributed by atoms with E-state index in [1.807, 2.05) is 12.1 Å². The van der Waals surface area contributed by atoms with Gasteiger partial charge in [0, 0.05) is 49.0 Å². The predicted molar refractivity (Wildman–Crippen MR) is 113 cm³/mol. The fourth-order valence-electron chi connectivity index (χ4n) is 3.31. The Morgan fingerprint density at radius 1 is 1.04 bits per heavy atom. The SMILES string of the molecule is CC(=O)Nc1cccc(NC(=O)NC2CCN(Cc3ccc(Cl)cc3)CC2)c1. The van der Waals surface area contributed by atoms with Gasteiger partial charge in [-0.2, -0.15) is 0 Å². The van der Waals surface area contributed by atoms with Gasteiger partial charge in [0.15, 0.2) is 0 Å². The van der Waals surface area contributed by atoms with E-state index in [0.717, 1.165) is 37.5 Å². The van der Waals surface area contributed by atoms with Crippen molar-refractivity contribution in [2.24, 2.45) is 0 Å². The molecule has 0 spiro atoms. The van der Waals surface area contributed by atoms with Crippen LogP contribution in [0.25, 0.3) is 0 Å². The maximum absolute atomic E-state index is 12.3. The highest BCUT2D eigenvalue weighted by Gasteiger charge is 2.20. The van der Waals surface area contributed by atoms with Crippen LogP contribution < -0.4 is 16.0 Å². The first-order valence-corrected chi connectivity index (χ1v) is 9.78. The number of carbonyl (C=O) groups excluding carboxylic acids is 2. The molecular weight excluding hydrogens is 376 g/mol. The maximum atomic E-state index is 12.3. The zero-order valence-electron chi connectivity index (χ0n) is 15.9. The van der Waals surface area contributed by atoms with E-state index in [9.17, 15) is 9.59 Å². The second-order valence-corrected chi connectivity index (χ2v) is 7.47. The summed E-state index contributed by atoms with van der Waals surface area (Å²) in [5.41, 5.74) is 2.54. The number of carbonyl (C=O) groups is 2. The van der Waals surface area contributed by atoms with Crippen LogP contribution in [0, 0.1) is 0 Å². The molecule has 0 atom stereocenters. The number of hydrogen-bond donors (Lipinski definition) is 3. The Hall–Kier alpha value is -2.57. The Labute approximate surface area is 170 Å². The van der Waals surface area contributed by atoms with Crippen molar-refractivity contribution in [1.82, 2.24) is 10.2 Å². The number of likely N-dealkylation sites (tertiary alicyclic amines) is 1. The second-order valence-electron chi connectivity index (χ2n) is 7.04. The van der Waals surface area contributed by atoms with E-state index in [0.29, 0.717) is 11.4 Å². The molecule has 2 aromatic carbocycles. The van der Waals surface area contributed by atoms with Crippen LogP contribution >= 0.6 is 11.6 Å². The van der Waals surface area contributed by atoms with Crippen LogP contribution in [0.5, 0.6) is 0 Å². The highest BCUT2D eigenvalue weighted by atomic mass is 35.5. The number of hydrogen-bond acceptors (Lipinski definition) is 3. The number of rotatable bonds is 5. The lowest BCUT2D eigenvalue weighted by Crippen LogP contribution is -2.45. The standard InChI is InChI=1S/C21H25ClN4O2/c1-15(27)23-19-3-2-4-20(13-19)25-21(28)24-18-9-11-26(12-10-18)14-16-5-7-17(22)8-6-16/h2-8,13,18H,9-12,14H2,1H3,(H,23,27)(H2,24,25,28). The number of benzene rings is 2. The van der Waals surface area contributed by atoms with Gasteiger partial charge in [-0.1, -0.05) is 29.8 Å². The lowest BCUT2D eigenvalue weighted by molar-refractivity contribution is -0.114. The summed E-state index contributed by atoms with van der Waals surface area (Å²) in [7, 11) is 0. The molecule has 0 unspecified atom stereocenters. The molecule has 7 heteroatoms. The van der Waals surface area contributed by atoms with Crippen molar-refractivity contribution in [3.63, 3.8) is 0 Å². The fraction of sp³-hybridized carbons (Fsp3) is 0.333. The van der Waals surface area contributed by atoms with Crippen molar-refractivity contribution in [2.75, 3.05) is 23.7 Å². The van der Waals surface area contributed by atoms with E-state index in [1.54, 1.807) is 24.3 Å². The molecule has 1 saturated heterocycles. The number of nitrogens with one attached hydrogen (secondary N) is 3. The van der Waals surface area contributed by atoms with Crippen LogP contribution in [-0.2, 0) is 11.3 Å². The average molecular weight is 401 g/mol. The topological polar surface area (TPSA) is 73.5 Å². The number of anilines is 2. The monoisotopic (exact) mass is 400 g/mol. The number of nitrogens with zero attached hydrogens (tertiary/aromatic N) is 1. The first kappa shape index (κ1) is 20.2. The maximum Gasteiger partial charge on any atom is 0.319 e. The van der Waals surface area contributed by atoms with Crippen LogP contribution in [-0.4, -0.2) is 36.0 Å². The molecule has 2 aromatic rings. The molecule has 6 nitrogen and oxygen atoms in total. The zero-order valence-corrected chi connectivity index (χ0v) is 16.6. The number of halogens is 1. The molecule has 0 aromatic heterocycles. The quantitative estimate of drug-likeness (QED) is 0.707. The van der Waals surface area contributed by atoms with E-state index < -0.39 is 0 Å². The van der Waals surface area contributed by atoms with Crippen LogP contribution in [0.2, 0.25) is 5.02 Å². The molecule has 1 aliphatic rings. The molecule has 1 fully saturated rings. The third kappa shape index (κ3) is 6.25. The lowest BCUT2D eigenvalue weighted by Gasteiger charge is -2.32. The molecule has 0 saturated carbocycles. The first-order chi connectivity index (χ1) is 13.5. The van der Waals surface area contributed by atoms with Gasteiger partial charge in [0.05, 0.1) is 0 Å². The molecule has 1 heterocycles. The number of amides is 3. The van der Waals surface area contributed by atoms with Crippen molar-refractivity contribution >= 4 is 34.9 Å². The summed E-state index contributed by atoms with van der Waals surface area (Å²) in [6.45, 7) is 4.22. The van der Waals surface area contributed by atoms with Crippen molar-refractivity contribution < 1.29 is 9.59 Å². The van der Waals surface area contributed by atoms with E-state index in [-0.39, 0.29) is 18.0 Å². The molecule has 3 rings (SSSR count). The van der Waals surface area contributed by atoms with Crippen molar-refractivity contribution in [1.29, 1.82) is 0 Å². The fourth-order valence-corrected chi connectivity index (χ4v) is 3.44. The summed E-state index contributed by atoms with van der Waals surface area (Å²) in [6, 6.07) is 14.9. The third-order valence-electron chi connectivity index (χ3n) is 4.68. The third-order valence-corrected chi connectivity index (χ3v) is 4.94. The van der Waals surface area contributed by atoms with Crippen LogP contribution in [0.15, 0.2) is 48.5 Å². The van der Waals surface area contributed by atoms with Gasteiger partial charge in [0.2, 0.25) is 5.91 Å². The van der Waals surface area contributed by atoms with Crippen molar-refractivity contribution in [2.45, 2.75) is 32.4 Å². The Kier molecular flexibility index (Phi) is 6.90. The van der Waals surface area contributed by atoms with E-state index >= 15 is 0 Å². The van der Waals surface area contributed by atoms with Gasteiger partial charge < -0.3 is 16.0 Å². The summed E-state index contributed by atoms with van der Waals surface area (Å²) >= 11 is 5.93. The summed E-state index contributed by atoms with van der Waals surface area (Å²) in [5, 5.41) is 9.32. The Balaban J connectivity index is 1.43. The molecular formula is C21H25ClN4O2. The molecule has 0 radical (unpaired) electrons. The lowest BCUT2D eigenvalue weighted by atomic mass is 10.0. The van der Waals surface area contributed by atoms with E-state index in [1.165, 1.54) is 12.5 Å². The largest absolute Gasteiger partial charge is 0.335 e. The van der Waals surface area contributed by atoms with Crippen molar-refractivity contribution in [3.05, 3.63) is 59.1 Å². The summed E-state index contributed by atoms with van der Waals surface area (Å²) in [4.78, 5) is 25.8. The normalized spacial score (nSPS) is 15.1. The summed E-state index contributed by atoms with van der Waals surface area (Å²) in [6.07, 6.45) is 1.82. The number of piperidine rings is 1.